The van der Waals surface area contributed by atoms with Crippen molar-refractivity contribution >= 4 is 11.9 Å². The Morgan fingerprint density at radius 2 is 0.750 bits per heavy atom. The molecule has 0 saturated heterocycles. The fourth-order valence-corrected chi connectivity index (χ4v) is 9.19. The fourth-order valence-electron chi connectivity index (χ4n) is 9.19. The second-order valence-electron chi connectivity index (χ2n) is 20.1. The summed E-state index contributed by atoms with van der Waals surface area (Å²) in [6, 6.07) is -0.696. The Labute approximate surface area is 399 Å². The van der Waals surface area contributed by atoms with Crippen LogP contribution in [0.1, 0.15) is 323 Å². The first-order valence-corrected chi connectivity index (χ1v) is 28.9. The molecule has 1 amide bonds. The lowest BCUT2D eigenvalue weighted by molar-refractivity contribution is -0.151. The molecule has 0 aromatic heterocycles. The summed E-state index contributed by atoms with van der Waals surface area (Å²) in [6.45, 7) is 6.52. The van der Waals surface area contributed by atoms with E-state index in [0.717, 1.165) is 44.9 Å². The molecule has 0 aromatic carbocycles. The van der Waals surface area contributed by atoms with Gasteiger partial charge >= 0.3 is 5.97 Å². The molecule has 0 spiro atoms. The number of aliphatic hydroxyl groups excluding tert-OH is 2. The minimum atomic E-state index is -0.783. The van der Waals surface area contributed by atoms with E-state index in [9.17, 15) is 19.8 Å². The molecule has 0 radical (unpaired) electrons. The number of nitrogens with one attached hydrogen (secondary N) is 1. The van der Waals surface area contributed by atoms with Gasteiger partial charge in [-0.3, -0.25) is 9.59 Å². The third-order valence-corrected chi connectivity index (χ3v) is 13.6. The summed E-state index contributed by atoms with van der Waals surface area (Å²) in [5.41, 5.74) is 0. The molecule has 3 unspecified atom stereocenters. The van der Waals surface area contributed by atoms with Gasteiger partial charge in [0.25, 0.3) is 0 Å². The maximum atomic E-state index is 13.3. The molecule has 0 fully saturated rings. The van der Waals surface area contributed by atoms with Gasteiger partial charge in [0.2, 0.25) is 5.91 Å². The number of aliphatic hydroxyl groups is 2. The Morgan fingerprint density at radius 3 is 1.11 bits per heavy atom. The molecular formula is C58H113NO5. The summed E-state index contributed by atoms with van der Waals surface area (Å²) in [5.74, 6) is -0.455. The molecule has 0 aliphatic carbocycles. The Hall–Kier alpha value is -1.40. The van der Waals surface area contributed by atoms with E-state index in [4.69, 9.17) is 4.74 Å². The maximum Gasteiger partial charge on any atom is 0.306 e. The SMILES string of the molecule is CCCCCCCC/C=C/CCCCCCCCCC(=O)OC(CCCCCCCCCCCCCCCCC)CC(=O)NC(CO)C(O)CCCCCCCCCCCCCCC. The van der Waals surface area contributed by atoms with Gasteiger partial charge < -0.3 is 20.3 Å². The molecular weight excluding hydrogens is 791 g/mol. The van der Waals surface area contributed by atoms with E-state index in [1.54, 1.807) is 0 Å². The second kappa shape index (κ2) is 52.6. The van der Waals surface area contributed by atoms with E-state index in [-0.39, 0.29) is 24.9 Å². The monoisotopic (exact) mass is 904 g/mol. The number of hydrogen-bond donors (Lipinski definition) is 3. The third-order valence-electron chi connectivity index (χ3n) is 13.6. The van der Waals surface area contributed by atoms with Crippen LogP contribution in [0.25, 0.3) is 0 Å². The number of ether oxygens (including phenoxy) is 1. The van der Waals surface area contributed by atoms with E-state index >= 15 is 0 Å². The van der Waals surface area contributed by atoms with E-state index in [2.05, 4.69) is 38.2 Å². The standard InChI is InChI=1S/C58H113NO5/c1-4-7-10-13-16-19-22-25-27-28-30-33-36-39-42-45-48-51-58(63)64-54(49-46-43-40-37-34-32-29-26-23-20-17-14-11-8-5-2)52-57(62)59-55(53-60)56(61)50-47-44-41-38-35-31-24-21-18-15-12-9-6-3/h25,27,54-56,60-61H,4-24,26,28-53H2,1-3H3,(H,59,62)/b27-25+. The zero-order valence-corrected chi connectivity index (χ0v) is 43.4. The van der Waals surface area contributed by atoms with Crippen molar-refractivity contribution in [2.45, 2.75) is 341 Å². The molecule has 0 aliphatic rings. The molecule has 3 N–H and O–H groups in total. The number of rotatable bonds is 53. The van der Waals surface area contributed by atoms with Crippen LogP contribution in [0.15, 0.2) is 12.2 Å². The van der Waals surface area contributed by atoms with Crippen LogP contribution in [-0.4, -0.2) is 46.9 Å². The molecule has 0 bridgehead atoms. The summed E-state index contributed by atoms with van der Waals surface area (Å²) in [7, 11) is 0. The minimum Gasteiger partial charge on any atom is -0.462 e. The highest BCUT2D eigenvalue weighted by Gasteiger charge is 2.24. The molecule has 0 aliphatic heterocycles. The first-order valence-electron chi connectivity index (χ1n) is 28.9. The van der Waals surface area contributed by atoms with Crippen molar-refractivity contribution in [2.24, 2.45) is 0 Å². The van der Waals surface area contributed by atoms with Crippen LogP contribution < -0.4 is 5.32 Å². The molecule has 64 heavy (non-hydrogen) atoms. The normalized spacial score (nSPS) is 13.1. The number of amides is 1. The van der Waals surface area contributed by atoms with Crippen molar-refractivity contribution in [1.82, 2.24) is 5.32 Å². The fraction of sp³-hybridized carbons (Fsp3) is 0.931. The molecule has 380 valence electrons. The highest BCUT2D eigenvalue weighted by Crippen LogP contribution is 2.19. The molecule has 6 heteroatoms. The predicted octanol–water partition coefficient (Wildman–Crippen LogP) is 17.7. The number of hydrogen-bond acceptors (Lipinski definition) is 5. The van der Waals surface area contributed by atoms with Crippen molar-refractivity contribution in [3.63, 3.8) is 0 Å². The Kier molecular flexibility index (Phi) is 51.4. The summed E-state index contributed by atoms with van der Waals surface area (Å²) >= 11 is 0. The van der Waals surface area contributed by atoms with Crippen molar-refractivity contribution < 1.29 is 24.5 Å². The number of unbranched alkanes of at least 4 members (excludes halogenated alkanes) is 39. The number of carbonyl (C=O) groups is 2. The third kappa shape index (κ3) is 47.1. The van der Waals surface area contributed by atoms with Crippen LogP contribution in [0.4, 0.5) is 0 Å². The predicted molar refractivity (Wildman–Crippen MR) is 278 cm³/mol. The molecule has 0 saturated carbocycles. The summed E-state index contributed by atoms with van der Waals surface area (Å²) in [6.07, 6.45) is 59.9. The zero-order chi connectivity index (χ0) is 46.7. The molecule has 3 atom stereocenters. The smallest absolute Gasteiger partial charge is 0.306 e. The van der Waals surface area contributed by atoms with Gasteiger partial charge in [-0.15, -0.1) is 0 Å². The lowest BCUT2D eigenvalue weighted by Crippen LogP contribution is -2.46. The van der Waals surface area contributed by atoms with Gasteiger partial charge in [-0.05, 0) is 51.4 Å². The Balaban J connectivity index is 4.51. The van der Waals surface area contributed by atoms with Gasteiger partial charge in [0, 0.05) is 6.42 Å². The van der Waals surface area contributed by atoms with Crippen LogP contribution in [0.2, 0.25) is 0 Å². The highest BCUT2D eigenvalue weighted by molar-refractivity contribution is 5.77. The molecule has 0 rings (SSSR count). The number of carbonyl (C=O) groups excluding carboxylic acids is 2. The molecule has 0 aromatic rings. The summed E-state index contributed by atoms with van der Waals surface area (Å²) < 4.78 is 5.97. The second-order valence-corrected chi connectivity index (χ2v) is 20.1. The van der Waals surface area contributed by atoms with E-state index in [0.29, 0.717) is 19.3 Å². The van der Waals surface area contributed by atoms with Gasteiger partial charge in [-0.25, -0.2) is 0 Å². The largest absolute Gasteiger partial charge is 0.462 e. The van der Waals surface area contributed by atoms with Crippen molar-refractivity contribution in [3.8, 4) is 0 Å². The average molecular weight is 905 g/mol. The average Bonchev–Trinajstić information content (AvgIpc) is 3.29. The zero-order valence-electron chi connectivity index (χ0n) is 43.4. The molecule has 6 nitrogen and oxygen atoms in total. The van der Waals surface area contributed by atoms with Gasteiger partial charge in [0.05, 0.1) is 25.2 Å². The van der Waals surface area contributed by atoms with Crippen molar-refractivity contribution in [1.29, 1.82) is 0 Å². The van der Waals surface area contributed by atoms with Gasteiger partial charge in [0.1, 0.15) is 6.10 Å². The Morgan fingerprint density at radius 1 is 0.438 bits per heavy atom. The van der Waals surface area contributed by atoms with Crippen molar-refractivity contribution in [3.05, 3.63) is 12.2 Å². The summed E-state index contributed by atoms with van der Waals surface area (Å²) in [4.78, 5) is 26.3. The maximum absolute atomic E-state index is 13.3. The van der Waals surface area contributed by atoms with Gasteiger partial charge in [0.15, 0.2) is 0 Å². The Bertz CT molecular complexity index is 970. The first kappa shape index (κ1) is 62.6. The van der Waals surface area contributed by atoms with Crippen LogP contribution in [0, 0.1) is 0 Å². The van der Waals surface area contributed by atoms with Crippen LogP contribution in [0.5, 0.6) is 0 Å². The first-order chi connectivity index (χ1) is 31.5. The van der Waals surface area contributed by atoms with Gasteiger partial charge in [-0.2, -0.15) is 0 Å². The topological polar surface area (TPSA) is 95.9 Å². The van der Waals surface area contributed by atoms with Crippen LogP contribution in [-0.2, 0) is 14.3 Å². The van der Waals surface area contributed by atoms with Crippen LogP contribution >= 0.6 is 0 Å². The van der Waals surface area contributed by atoms with E-state index < -0.39 is 18.2 Å². The minimum absolute atomic E-state index is 0.0839. The van der Waals surface area contributed by atoms with E-state index in [1.165, 1.54) is 231 Å². The van der Waals surface area contributed by atoms with E-state index in [1.807, 2.05) is 0 Å². The van der Waals surface area contributed by atoms with Crippen LogP contribution in [0.3, 0.4) is 0 Å². The van der Waals surface area contributed by atoms with Crippen molar-refractivity contribution in [2.75, 3.05) is 6.61 Å². The quantitative estimate of drug-likeness (QED) is 0.0321. The lowest BCUT2D eigenvalue weighted by Gasteiger charge is -2.24. The highest BCUT2D eigenvalue weighted by atomic mass is 16.5. The number of allylic oxidation sites excluding steroid dienone is 2. The molecule has 0 heterocycles. The lowest BCUT2D eigenvalue weighted by atomic mass is 10.0. The number of esters is 1. The van der Waals surface area contributed by atoms with Gasteiger partial charge in [-0.1, -0.05) is 270 Å². The summed E-state index contributed by atoms with van der Waals surface area (Å²) in [5, 5.41) is 23.9.